The molecule has 0 fully saturated rings. The summed E-state index contributed by atoms with van der Waals surface area (Å²) in [5.41, 5.74) is 0. The molecular formula is C13H16N6S. The van der Waals surface area contributed by atoms with Gasteiger partial charge in [0.2, 0.25) is 5.95 Å². The fraction of sp³-hybridized carbons (Fsp3) is 0.308. The lowest BCUT2D eigenvalue weighted by Gasteiger charge is -2.08. The first-order valence-corrected chi connectivity index (χ1v) is 7.39. The van der Waals surface area contributed by atoms with Crippen LogP contribution in [0.4, 0.5) is 11.8 Å². The Morgan fingerprint density at radius 3 is 3.10 bits per heavy atom. The van der Waals surface area contributed by atoms with E-state index in [0.29, 0.717) is 5.95 Å². The first kappa shape index (κ1) is 12.9. The zero-order chi connectivity index (χ0) is 13.8. The van der Waals surface area contributed by atoms with Gasteiger partial charge in [-0.05, 0) is 23.9 Å². The molecule has 3 aromatic rings. The molecule has 104 valence electrons. The van der Waals surface area contributed by atoms with Gasteiger partial charge in [0.05, 0.1) is 5.39 Å². The lowest BCUT2D eigenvalue weighted by atomic mass is 10.3. The fourth-order valence-electron chi connectivity index (χ4n) is 1.98. The number of hydrogen-bond donors (Lipinski definition) is 2. The van der Waals surface area contributed by atoms with Crippen LogP contribution in [-0.2, 0) is 6.54 Å². The predicted octanol–water partition coefficient (Wildman–Crippen LogP) is 2.43. The van der Waals surface area contributed by atoms with E-state index >= 15 is 0 Å². The van der Waals surface area contributed by atoms with E-state index in [-0.39, 0.29) is 0 Å². The minimum absolute atomic E-state index is 0.648. The van der Waals surface area contributed by atoms with Crippen LogP contribution in [-0.4, -0.2) is 33.3 Å². The average Bonchev–Trinajstić information content (AvgIpc) is 3.13. The summed E-state index contributed by atoms with van der Waals surface area (Å²) in [5.74, 6) is 1.54. The molecule has 0 aliphatic carbocycles. The summed E-state index contributed by atoms with van der Waals surface area (Å²) >= 11 is 1.62. The van der Waals surface area contributed by atoms with E-state index in [9.17, 15) is 0 Å². The smallest absolute Gasteiger partial charge is 0.225 e. The summed E-state index contributed by atoms with van der Waals surface area (Å²) in [6, 6.07) is 3.99. The summed E-state index contributed by atoms with van der Waals surface area (Å²) in [6.07, 6.45) is 4.76. The zero-order valence-corrected chi connectivity index (χ0v) is 12.0. The van der Waals surface area contributed by atoms with Crippen molar-refractivity contribution in [2.24, 2.45) is 0 Å². The fourth-order valence-corrected chi connectivity index (χ4v) is 2.75. The van der Waals surface area contributed by atoms with Crippen molar-refractivity contribution >= 4 is 33.3 Å². The third-order valence-electron chi connectivity index (χ3n) is 2.96. The molecule has 3 rings (SSSR count). The third-order valence-corrected chi connectivity index (χ3v) is 3.77. The van der Waals surface area contributed by atoms with Gasteiger partial charge in [0.15, 0.2) is 0 Å². The van der Waals surface area contributed by atoms with E-state index in [1.807, 2.05) is 29.4 Å². The Kier molecular flexibility index (Phi) is 3.78. The van der Waals surface area contributed by atoms with E-state index in [2.05, 4.69) is 31.8 Å². The number of aromatic nitrogens is 4. The highest BCUT2D eigenvalue weighted by molar-refractivity contribution is 7.16. The quantitative estimate of drug-likeness (QED) is 0.682. The normalized spacial score (nSPS) is 10.8. The SMILES string of the molecule is CNc1nc(NCCCn2cccn2)c2ccsc2n1. The molecule has 6 nitrogen and oxygen atoms in total. The maximum Gasteiger partial charge on any atom is 0.225 e. The van der Waals surface area contributed by atoms with Gasteiger partial charge in [-0.1, -0.05) is 0 Å². The predicted molar refractivity (Wildman–Crippen MR) is 82.3 cm³/mol. The molecule has 0 aromatic carbocycles. The van der Waals surface area contributed by atoms with Crippen molar-refractivity contribution in [3.8, 4) is 0 Å². The number of thiophene rings is 1. The zero-order valence-electron chi connectivity index (χ0n) is 11.2. The molecule has 0 saturated heterocycles. The van der Waals surface area contributed by atoms with E-state index in [0.717, 1.165) is 35.5 Å². The Hall–Kier alpha value is -2.15. The van der Waals surface area contributed by atoms with Gasteiger partial charge in [0.1, 0.15) is 10.6 Å². The van der Waals surface area contributed by atoms with Crippen LogP contribution in [0.3, 0.4) is 0 Å². The molecule has 0 amide bonds. The minimum Gasteiger partial charge on any atom is -0.369 e. The molecule has 3 aromatic heterocycles. The number of nitrogens with zero attached hydrogens (tertiary/aromatic N) is 4. The van der Waals surface area contributed by atoms with Gasteiger partial charge >= 0.3 is 0 Å². The van der Waals surface area contributed by atoms with Crippen molar-refractivity contribution < 1.29 is 0 Å². The Morgan fingerprint density at radius 2 is 2.30 bits per heavy atom. The molecule has 0 bridgehead atoms. The van der Waals surface area contributed by atoms with Crippen molar-refractivity contribution in [3.63, 3.8) is 0 Å². The van der Waals surface area contributed by atoms with Crippen molar-refractivity contribution in [3.05, 3.63) is 29.9 Å². The van der Waals surface area contributed by atoms with Crippen LogP contribution in [0.1, 0.15) is 6.42 Å². The van der Waals surface area contributed by atoms with Crippen molar-refractivity contribution in [2.75, 3.05) is 24.2 Å². The largest absolute Gasteiger partial charge is 0.369 e. The molecule has 20 heavy (non-hydrogen) atoms. The van der Waals surface area contributed by atoms with Crippen LogP contribution >= 0.6 is 11.3 Å². The van der Waals surface area contributed by atoms with E-state index < -0.39 is 0 Å². The highest BCUT2D eigenvalue weighted by Crippen LogP contribution is 2.26. The summed E-state index contributed by atoms with van der Waals surface area (Å²) in [5, 5.41) is 13.7. The van der Waals surface area contributed by atoms with Crippen LogP contribution in [0.15, 0.2) is 29.9 Å². The van der Waals surface area contributed by atoms with Crippen molar-refractivity contribution in [2.45, 2.75) is 13.0 Å². The van der Waals surface area contributed by atoms with E-state index in [1.54, 1.807) is 17.5 Å². The number of hydrogen-bond acceptors (Lipinski definition) is 6. The highest BCUT2D eigenvalue weighted by atomic mass is 32.1. The molecule has 0 atom stereocenters. The number of fused-ring (bicyclic) bond motifs is 1. The second-order valence-electron chi connectivity index (χ2n) is 4.33. The Balaban J connectivity index is 1.65. The van der Waals surface area contributed by atoms with Gasteiger partial charge in [-0.3, -0.25) is 4.68 Å². The van der Waals surface area contributed by atoms with Gasteiger partial charge in [0, 0.05) is 32.5 Å². The van der Waals surface area contributed by atoms with Gasteiger partial charge in [-0.25, -0.2) is 4.98 Å². The molecule has 0 aliphatic rings. The topological polar surface area (TPSA) is 67.7 Å². The summed E-state index contributed by atoms with van der Waals surface area (Å²) in [6.45, 7) is 1.75. The molecule has 0 spiro atoms. The lowest BCUT2D eigenvalue weighted by Crippen LogP contribution is -2.09. The number of rotatable bonds is 6. The van der Waals surface area contributed by atoms with Crippen molar-refractivity contribution in [1.82, 2.24) is 19.7 Å². The first-order valence-electron chi connectivity index (χ1n) is 6.51. The Bertz CT molecular complexity index is 675. The second kappa shape index (κ2) is 5.87. The third kappa shape index (κ3) is 2.72. The minimum atomic E-state index is 0.648. The Labute approximate surface area is 120 Å². The number of anilines is 2. The Morgan fingerprint density at radius 1 is 1.35 bits per heavy atom. The van der Waals surface area contributed by atoms with Gasteiger partial charge in [-0.15, -0.1) is 11.3 Å². The average molecular weight is 288 g/mol. The second-order valence-corrected chi connectivity index (χ2v) is 5.23. The molecular weight excluding hydrogens is 272 g/mol. The molecule has 0 aliphatic heterocycles. The first-order chi connectivity index (χ1) is 9.86. The maximum absolute atomic E-state index is 4.48. The summed E-state index contributed by atoms with van der Waals surface area (Å²) in [4.78, 5) is 9.90. The van der Waals surface area contributed by atoms with E-state index in [1.165, 1.54) is 0 Å². The number of nitrogens with one attached hydrogen (secondary N) is 2. The van der Waals surface area contributed by atoms with Crippen LogP contribution in [0.5, 0.6) is 0 Å². The molecule has 7 heteroatoms. The summed E-state index contributed by atoms with van der Waals surface area (Å²) < 4.78 is 1.93. The van der Waals surface area contributed by atoms with Crippen molar-refractivity contribution in [1.29, 1.82) is 0 Å². The van der Waals surface area contributed by atoms with Crippen LogP contribution in [0.25, 0.3) is 10.2 Å². The monoisotopic (exact) mass is 288 g/mol. The number of aryl methyl sites for hydroxylation is 1. The van der Waals surface area contributed by atoms with Crippen LogP contribution in [0, 0.1) is 0 Å². The highest BCUT2D eigenvalue weighted by Gasteiger charge is 2.07. The molecule has 3 heterocycles. The van der Waals surface area contributed by atoms with E-state index in [4.69, 9.17) is 0 Å². The van der Waals surface area contributed by atoms with Crippen LogP contribution in [0.2, 0.25) is 0 Å². The van der Waals surface area contributed by atoms with Gasteiger partial charge < -0.3 is 10.6 Å². The lowest BCUT2D eigenvalue weighted by molar-refractivity contribution is 0.591. The molecule has 0 radical (unpaired) electrons. The standard InChI is InChI=1S/C13H16N6S/c1-14-13-17-11(10-4-9-20-12(10)18-13)15-5-2-7-19-8-3-6-16-19/h3-4,6,8-9H,2,5,7H2,1H3,(H2,14,15,17,18). The molecule has 0 unspecified atom stereocenters. The van der Waals surface area contributed by atoms with Gasteiger partial charge in [0.25, 0.3) is 0 Å². The molecule has 2 N–H and O–H groups in total. The summed E-state index contributed by atoms with van der Waals surface area (Å²) in [7, 11) is 1.83. The maximum atomic E-state index is 4.48. The van der Waals surface area contributed by atoms with Crippen LogP contribution < -0.4 is 10.6 Å². The molecule has 0 saturated carbocycles. The van der Waals surface area contributed by atoms with Gasteiger partial charge in [-0.2, -0.15) is 10.1 Å².